The highest BCUT2D eigenvalue weighted by Gasteiger charge is 2.46. The van der Waals surface area contributed by atoms with Crippen molar-refractivity contribution < 1.29 is 0 Å². The van der Waals surface area contributed by atoms with E-state index in [1.165, 1.54) is 125 Å². The van der Waals surface area contributed by atoms with E-state index in [9.17, 15) is 0 Å². The Kier molecular flexibility index (Phi) is 4.55. The van der Waals surface area contributed by atoms with Gasteiger partial charge >= 0.3 is 0 Å². The highest BCUT2D eigenvalue weighted by molar-refractivity contribution is 6.26. The summed E-state index contributed by atoms with van der Waals surface area (Å²) in [6.07, 6.45) is 13.8. The fourth-order valence-electron chi connectivity index (χ4n) is 13.0. The average molecular weight is 588 g/mol. The molecule has 224 valence electrons. The topological polar surface area (TPSA) is 30.2 Å². The molecule has 0 spiro atoms. The van der Waals surface area contributed by atoms with Crippen LogP contribution in [0.4, 0.5) is 0 Å². The molecule has 0 amide bonds. The van der Waals surface area contributed by atoms with Crippen molar-refractivity contribution in [1.82, 2.24) is 14.4 Å². The van der Waals surface area contributed by atoms with Gasteiger partial charge in [0.05, 0.1) is 27.9 Å². The Hall–Kier alpha value is -3.46. The number of pyridine rings is 2. The maximum atomic E-state index is 5.64. The van der Waals surface area contributed by atoms with Crippen LogP contribution >= 0.6 is 0 Å². The Morgan fingerprint density at radius 2 is 0.956 bits per heavy atom. The van der Waals surface area contributed by atoms with Gasteiger partial charge in [-0.15, -0.1) is 0 Å². The zero-order chi connectivity index (χ0) is 29.3. The van der Waals surface area contributed by atoms with Gasteiger partial charge in [0.1, 0.15) is 0 Å². The maximum absolute atomic E-state index is 5.64. The zero-order valence-corrected chi connectivity index (χ0v) is 26.6. The Labute approximate surface area is 264 Å². The first-order chi connectivity index (χ1) is 22.1. The number of aryl methyl sites for hydroxylation is 2. The summed E-state index contributed by atoms with van der Waals surface area (Å²) < 4.78 is 2.69. The van der Waals surface area contributed by atoms with Gasteiger partial charge in [0.15, 0.2) is 0 Å². The minimum Gasteiger partial charge on any atom is -0.304 e. The second-order valence-corrected chi connectivity index (χ2v) is 16.7. The molecule has 4 aromatic heterocycles. The molecule has 8 bridgehead atoms. The molecule has 45 heavy (non-hydrogen) atoms. The van der Waals surface area contributed by atoms with Crippen LogP contribution in [0, 0.1) is 37.5 Å². The molecule has 0 saturated heterocycles. The van der Waals surface area contributed by atoms with Gasteiger partial charge < -0.3 is 4.40 Å². The van der Waals surface area contributed by atoms with E-state index in [4.69, 9.17) is 9.97 Å². The molecule has 6 aromatic rings. The molecule has 4 fully saturated rings. The van der Waals surface area contributed by atoms with E-state index in [0.717, 1.165) is 23.7 Å². The summed E-state index contributed by atoms with van der Waals surface area (Å²) >= 11 is 0. The first-order valence-corrected chi connectivity index (χ1v) is 18.2. The van der Waals surface area contributed by atoms with Gasteiger partial charge in [-0.25, -0.2) is 0 Å². The summed E-state index contributed by atoms with van der Waals surface area (Å²) in [7, 11) is 0. The molecule has 8 aliphatic rings. The molecule has 2 aromatic carbocycles. The van der Waals surface area contributed by atoms with E-state index in [1.54, 1.807) is 21.9 Å². The third kappa shape index (κ3) is 3.05. The number of hydrogen-bond donors (Lipinski definition) is 0. The zero-order valence-electron chi connectivity index (χ0n) is 26.6. The Balaban J connectivity index is 1.29. The van der Waals surface area contributed by atoms with Gasteiger partial charge in [-0.3, -0.25) is 9.97 Å². The molecule has 4 atom stereocenters. The normalized spacial score (nSPS) is 32.7. The van der Waals surface area contributed by atoms with E-state index < -0.39 is 0 Å². The lowest BCUT2D eigenvalue weighted by atomic mass is 9.67. The van der Waals surface area contributed by atoms with E-state index in [0.29, 0.717) is 23.7 Å². The quantitative estimate of drug-likeness (QED) is 0.192. The van der Waals surface area contributed by atoms with Crippen LogP contribution < -0.4 is 0 Å². The van der Waals surface area contributed by atoms with Crippen molar-refractivity contribution in [2.24, 2.45) is 23.7 Å². The number of fused-ring (bicyclic) bond motifs is 6. The molecule has 4 saturated carbocycles. The maximum Gasteiger partial charge on any atom is 0.0758 e. The fourth-order valence-corrected chi connectivity index (χ4v) is 13.0. The molecule has 0 radical (unpaired) electrons. The molecule has 8 aliphatic carbocycles. The summed E-state index contributed by atoms with van der Waals surface area (Å²) in [6, 6.07) is 16.4. The number of benzene rings is 2. The first-order valence-electron chi connectivity index (χ1n) is 18.2. The first kappa shape index (κ1) is 24.7. The van der Waals surface area contributed by atoms with Crippen molar-refractivity contribution in [3.8, 4) is 11.1 Å². The van der Waals surface area contributed by atoms with E-state index in [1.807, 2.05) is 0 Å². The number of nitrogens with zero attached hydrogens (tertiary/aromatic N) is 3. The van der Waals surface area contributed by atoms with E-state index >= 15 is 0 Å². The third-order valence-corrected chi connectivity index (χ3v) is 14.1. The lowest BCUT2D eigenvalue weighted by molar-refractivity contribution is 0.165. The molecule has 3 nitrogen and oxygen atoms in total. The van der Waals surface area contributed by atoms with Crippen LogP contribution in [0.1, 0.15) is 122 Å². The Morgan fingerprint density at radius 3 is 1.42 bits per heavy atom. The average Bonchev–Trinajstić information content (AvgIpc) is 3.43. The lowest BCUT2D eigenvalue weighted by Crippen LogP contribution is -2.25. The summed E-state index contributed by atoms with van der Waals surface area (Å²) in [5.41, 5.74) is 15.6. The lowest BCUT2D eigenvalue weighted by Gasteiger charge is -2.38. The fraction of sp³-hybridized carbons (Fsp3) is 0.476. The van der Waals surface area contributed by atoms with Gasteiger partial charge in [-0.05, 0) is 148 Å². The molecule has 14 rings (SSSR count). The Morgan fingerprint density at radius 1 is 0.511 bits per heavy atom. The molecule has 4 unspecified atom stereocenters. The molecule has 4 heterocycles. The summed E-state index contributed by atoms with van der Waals surface area (Å²) in [5, 5.41) is 6.05. The van der Waals surface area contributed by atoms with Crippen LogP contribution in [0.5, 0.6) is 0 Å². The van der Waals surface area contributed by atoms with Gasteiger partial charge in [0.25, 0.3) is 0 Å². The van der Waals surface area contributed by atoms with Crippen LogP contribution in [-0.4, -0.2) is 14.4 Å². The molecule has 3 heteroatoms. The van der Waals surface area contributed by atoms with Crippen LogP contribution in [0.3, 0.4) is 0 Å². The minimum atomic E-state index is 0.648. The number of hydrogen-bond acceptors (Lipinski definition) is 2. The molecule has 0 N–H and O–H groups in total. The summed E-state index contributed by atoms with van der Waals surface area (Å²) in [6.45, 7) is 4.65. The monoisotopic (exact) mass is 587 g/mol. The van der Waals surface area contributed by atoms with Gasteiger partial charge in [0.2, 0.25) is 0 Å². The highest BCUT2D eigenvalue weighted by atomic mass is 15.0. The van der Waals surface area contributed by atoms with Crippen LogP contribution in [0.15, 0.2) is 42.5 Å². The SMILES string of the molecule is Cc1nc2c(c3c4cc(-c5ccccc5)cc5c6c7c(nc(C)c6n(c13)c45)C1CC3CC(C1)CC7C3)C1CC3CC(CC2C3)C1. The largest absolute Gasteiger partial charge is 0.304 e. The van der Waals surface area contributed by atoms with Crippen molar-refractivity contribution in [2.45, 2.75) is 102 Å². The van der Waals surface area contributed by atoms with Crippen molar-refractivity contribution in [3.63, 3.8) is 0 Å². The second kappa shape index (κ2) is 8.27. The van der Waals surface area contributed by atoms with E-state index in [2.05, 4.69) is 60.7 Å². The summed E-state index contributed by atoms with van der Waals surface area (Å²) in [5.74, 6) is 6.17. The number of aromatic nitrogens is 3. The predicted octanol–water partition coefficient (Wildman–Crippen LogP) is 10.7. The van der Waals surface area contributed by atoms with Crippen LogP contribution in [0.25, 0.3) is 49.2 Å². The van der Waals surface area contributed by atoms with Gasteiger partial charge in [-0.1, -0.05) is 30.3 Å². The third-order valence-electron chi connectivity index (χ3n) is 14.1. The predicted molar refractivity (Wildman–Crippen MR) is 183 cm³/mol. The molecule has 0 aliphatic heterocycles. The van der Waals surface area contributed by atoms with Gasteiger partial charge in [-0.2, -0.15) is 0 Å². The van der Waals surface area contributed by atoms with Crippen molar-refractivity contribution >= 4 is 38.1 Å². The smallest absolute Gasteiger partial charge is 0.0758 e. The second-order valence-electron chi connectivity index (χ2n) is 16.7. The van der Waals surface area contributed by atoms with E-state index in [-0.39, 0.29) is 0 Å². The molecular weight excluding hydrogens is 546 g/mol. The van der Waals surface area contributed by atoms with Crippen LogP contribution in [-0.2, 0) is 0 Å². The Bertz CT molecular complexity index is 2090. The molecular formula is C42H41N3. The van der Waals surface area contributed by atoms with Crippen molar-refractivity contribution in [1.29, 1.82) is 0 Å². The van der Waals surface area contributed by atoms with Gasteiger partial charge in [0, 0.05) is 44.8 Å². The summed E-state index contributed by atoms with van der Waals surface area (Å²) in [4.78, 5) is 11.3. The highest BCUT2D eigenvalue weighted by Crippen LogP contribution is 2.61. The standard InChI is InChI=1S/C42H41N3/c1-20-40-36(34-28-10-22-8-23(11-28)15-30(14-22)38(34)43-20)32-18-27(26-6-4-3-5-7-26)19-33-37-35-29-12-24-9-25(13-29)17-31(16-24)39(35)44-21(2)41(37)45(40)42(32)33/h3-7,18-19,22-25,28-31H,8-17H2,1-2H3. The van der Waals surface area contributed by atoms with Crippen molar-refractivity contribution in [3.05, 3.63) is 76.4 Å². The van der Waals surface area contributed by atoms with Crippen LogP contribution in [0.2, 0.25) is 0 Å². The van der Waals surface area contributed by atoms with Crippen molar-refractivity contribution in [2.75, 3.05) is 0 Å². The minimum absolute atomic E-state index is 0.648. The number of rotatable bonds is 1.